The van der Waals surface area contributed by atoms with E-state index >= 15 is 0 Å². The molecule has 1 aliphatic carbocycles. The van der Waals surface area contributed by atoms with Crippen LogP contribution in [0.2, 0.25) is 0 Å². The monoisotopic (exact) mass is 545 g/mol. The van der Waals surface area contributed by atoms with Gasteiger partial charge in [-0.25, -0.2) is 13.2 Å². The summed E-state index contributed by atoms with van der Waals surface area (Å²) in [6.07, 6.45) is 11.2. The summed E-state index contributed by atoms with van der Waals surface area (Å²) in [7, 11) is -3.47. The molecule has 3 heterocycles. The molecule has 0 bridgehead atoms. The Balaban J connectivity index is 1.16. The number of nitrogens with zero attached hydrogens (tertiary/aromatic N) is 3. The van der Waals surface area contributed by atoms with Crippen LogP contribution < -0.4 is 0 Å². The summed E-state index contributed by atoms with van der Waals surface area (Å²) in [6, 6.07) is 7.80. The van der Waals surface area contributed by atoms with E-state index in [-0.39, 0.29) is 36.1 Å². The Morgan fingerprint density at radius 2 is 1.63 bits per heavy atom. The molecule has 3 saturated heterocycles. The summed E-state index contributed by atoms with van der Waals surface area (Å²) in [4.78, 5) is 17.4. The zero-order chi connectivity index (χ0) is 26.8. The van der Waals surface area contributed by atoms with E-state index < -0.39 is 10.0 Å². The van der Waals surface area contributed by atoms with E-state index in [9.17, 15) is 13.2 Å². The van der Waals surface area contributed by atoms with Gasteiger partial charge in [-0.2, -0.15) is 4.31 Å². The van der Waals surface area contributed by atoms with Crippen molar-refractivity contribution < 1.29 is 17.9 Å². The number of carbonyl (C=O) groups excluding carboxylic acids is 1. The molecule has 4 fully saturated rings. The molecule has 4 aliphatic rings. The van der Waals surface area contributed by atoms with Crippen LogP contribution in [0.1, 0.15) is 88.7 Å². The number of sulfonamides is 1. The minimum absolute atomic E-state index is 0.0380. The lowest BCUT2D eigenvalue weighted by Gasteiger charge is -2.48. The molecule has 0 spiro atoms. The molecule has 38 heavy (non-hydrogen) atoms. The van der Waals surface area contributed by atoms with Gasteiger partial charge in [-0.05, 0) is 96.2 Å². The average Bonchev–Trinajstić information content (AvgIpc) is 3.76. The Morgan fingerprint density at radius 3 is 2.29 bits per heavy atom. The second-order valence-corrected chi connectivity index (χ2v) is 14.4. The molecule has 8 heteroatoms. The maximum absolute atomic E-state index is 13.7. The fourth-order valence-corrected chi connectivity index (χ4v) is 9.10. The van der Waals surface area contributed by atoms with Gasteiger partial charge in [0.25, 0.3) is 0 Å². The number of hydrogen-bond acceptors (Lipinski definition) is 5. The summed E-state index contributed by atoms with van der Waals surface area (Å²) < 4.78 is 35.1. The number of rotatable bonds is 8. The highest BCUT2D eigenvalue weighted by Gasteiger charge is 2.45. The van der Waals surface area contributed by atoms with Crippen molar-refractivity contribution in [1.29, 1.82) is 0 Å². The normalized spacial score (nSPS) is 27.3. The van der Waals surface area contributed by atoms with E-state index in [1.165, 1.54) is 32.4 Å². The van der Waals surface area contributed by atoms with Crippen LogP contribution in [-0.2, 0) is 20.5 Å². The van der Waals surface area contributed by atoms with Crippen LogP contribution in [0.15, 0.2) is 24.3 Å². The number of benzene rings is 1. The molecule has 3 aliphatic heterocycles. The van der Waals surface area contributed by atoms with Gasteiger partial charge in [0.15, 0.2) is 0 Å². The molecular formula is C30H47N3O4S. The summed E-state index contributed by atoms with van der Waals surface area (Å²) in [5.41, 5.74) is 2.15. The van der Waals surface area contributed by atoms with Crippen LogP contribution in [0.5, 0.6) is 0 Å². The summed E-state index contributed by atoms with van der Waals surface area (Å²) in [6.45, 7) is 8.46. The van der Waals surface area contributed by atoms with E-state index in [1.54, 1.807) is 0 Å². The molecule has 1 saturated carbocycles. The van der Waals surface area contributed by atoms with E-state index in [2.05, 4.69) is 11.8 Å². The lowest BCUT2D eigenvalue weighted by atomic mass is 9.86. The number of hydrogen-bond donors (Lipinski definition) is 0. The Hall–Kier alpha value is -1.64. The minimum atomic E-state index is -3.47. The second kappa shape index (κ2) is 11.8. The lowest BCUT2D eigenvalue weighted by Crippen LogP contribution is -2.56. The molecule has 7 nitrogen and oxygen atoms in total. The van der Waals surface area contributed by atoms with E-state index in [4.69, 9.17) is 4.74 Å². The predicted octanol–water partition coefficient (Wildman–Crippen LogP) is 5.33. The lowest BCUT2D eigenvalue weighted by molar-refractivity contribution is 0.0158. The number of likely N-dealkylation sites (tertiary alicyclic amines) is 2. The average molecular weight is 546 g/mol. The minimum Gasteiger partial charge on any atom is -0.449 e. The van der Waals surface area contributed by atoms with E-state index in [0.717, 1.165) is 69.2 Å². The van der Waals surface area contributed by atoms with Gasteiger partial charge in [0, 0.05) is 30.7 Å². The van der Waals surface area contributed by atoms with Crippen LogP contribution in [-0.4, -0.2) is 79.0 Å². The summed E-state index contributed by atoms with van der Waals surface area (Å²) in [5, 5.41) is 0. The number of piperidine rings is 3. The third kappa shape index (κ3) is 6.56. The Labute approximate surface area is 229 Å². The zero-order valence-electron chi connectivity index (χ0n) is 23.4. The van der Waals surface area contributed by atoms with Crippen molar-refractivity contribution in [2.24, 2.45) is 5.92 Å². The van der Waals surface area contributed by atoms with Gasteiger partial charge in [0.1, 0.15) is 0 Å². The maximum atomic E-state index is 13.7. The van der Waals surface area contributed by atoms with Gasteiger partial charge >= 0.3 is 6.09 Å². The fraction of sp³-hybridized carbons (Fsp3) is 0.767. The van der Waals surface area contributed by atoms with Crippen molar-refractivity contribution in [3.8, 4) is 0 Å². The maximum Gasteiger partial charge on any atom is 0.409 e. The van der Waals surface area contributed by atoms with E-state index in [0.29, 0.717) is 12.3 Å². The van der Waals surface area contributed by atoms with Gasteiger partial charge < -0.3 is 9.64 Å². The molecule has 0 N–H and O–H groups in total. The summed E-state index contributed by atoms with van der Waals surface area (Å²) in [5.74, 6) is 0.520. The van der Waals surface area contributed by atoms with Crippen LogP contribution in [0.3, 0.4) is 0 Å². The third-order valence-corrected chi connectivity index (χ3v) is 11.5. The topological polar surface area (TPSA) is 70.2 Å². The summed E-state index contributed by atoms with van der Waals surface area (Å²) >= 11 is 0. The zero-order valence-corrected chi connectivity index (χ0v) is 24.3. The van der Waals surface area contributed by atoms with Crippen LogP contribution in [0, 0.1) is 12.8 Å². The van der Waals surface area contributed by atoms with Gasteiger partial charge in [0.05, 0.1) is 12.4 Å². The highest BCUT2D eigenvalue weighted by Crippen LogP contribution is 2.43. The molecule has 0 aromatic heterocycles. The van der Waals surface area contributed by atoms with Crippen molar-refractivity contribution in [2.75, 3.05) is 32.8 Å². The standard InChI is InChI=1S/C30H47N3O4S/c1-24-9-11-25(12-10-24)23-38(35,36)33-27(7-6-8-28(33)26-13-14-26)15-22-37-29(34)31-20-16-30(2,17-21-31)32-18-4-3-5-19-32/h9-12,26-28H,3-8,13-23H2,1-2H3. The van der Waals surface area contributed by atoms with Crippen LogP contribution in [0.4, 0.5) is 4.79 Å². The molecule has 2 unspecified atom stereocenters. The molecule has 0 radical (unpaired) electrons. The number of ether oxygens (including phenoxy) is 1. The molecule has 212 valence electrons. The van der Waals surface area contributed by atoms with Crippen molar-refractivity contribution in [1.82, 2.24) is 14.1 Å². The van der Waals surface area contributed by atoms with Gasteiger partial charge in [-0.1, -0.05) is 42.7 Å². The van der Waals surface area contributed by atoms with E-state index in [1.807, 2.05) is 40.4 Å². The highest BCUT2D eigenvalue weighted by atomic mass is 32.2. The molecular weight excluding hydrogens is 498 g/mol. The van der Waals surface area contributed by atoms with Crippen molar-refractivity contribution in [3.05, 3.63) is 35.4 Å². The predicted molar refractivity (Wildman–Crippen MR) is 150 cm³/mol. The van der Waals surface area contributed by atoms with Crippen molar-refractivity contribution >= 4 is 16.1 Å². The van der Waals surface area contributed by atoms with Gasteiger partial charge in [-0.15, -0.1) is 0 Å². The highest BCUT2D eigenvalue weighted by molar-refractivity contribution is 7.88. The number of carbonyl (C=O) groups is 1. The molecule has 5 rings (SSSR count). The quantitative estimate of drug-likeness (QED) is 0.442. The molecule has 1 aromatic rings. The Morgan fingerprint density at radius 1 is 0.947 bits per heavy atom. The van der Waals surface area contributed by atoms with Gasteiger partial charge in [-0.3, -0.25) is 4.90 Å². The molecule has 2 atom stereocenters. The first-order valence-electron chi connectivity index (χ1n) is 15.0. The van der Waals surface area contributed by atoms with Crippen molar-refractivity contribution in [2.45, 2.75) is 108 Å². The SMILES string of the molecule is Cc1ccc(CS(=O)(=O)N2C(CCOC(=O)N3CCC(C)(N4CCCCC4)CC3)CCCC2C2CC2)cc1. The first kappa shape index (κ1) is 27.9. The van der Waals surface area contributed by atoms with Crippen LogP contribution in [0.25, 0.3) is 0 Å². The third-order valence-electron chi connectivity index (χ3n) is 9.58. The second-order valence-electron chi connectivity index (χ2n) is 12.5. The molecule has 1 amide bonds. The Kier molecular flexibility index (Phi) is 8.70. The smallest absolute Gasteiger partial charge is 0.409 e. The fourth-order valence-electron chi connectivity index (χ4n) is 6.98. The first-order valence-corrected chi connectivity index (χ1v) is 16.6. The number of aryl methyl sites for hydroxylation is 1. The number of amides is 1. The first-order chi connectivity index (χ1) is 18.2. The molecule has 1 aromatic carbocycles. The van der Waals surface area contributed by atoms with Crippen LogP contribution >= 0.6 is 0 Å². The van der Waals surface area contributed by atoms with Gasteiger partial charge in [0.2, 0.25) is 10.0 Å². The largest absolute Gasteiger partial charge is 0.449 e. The van der Waals surface area contributed by atoms with Crippen molar-refractivity contribution in [3.63, 3.8) is 0 Å². The Bertz CT molecular complexity index is 1040.